The molecule has 1 amide bonds. The molecule has 0 saturated heterocycles. The molecule has 1 aliphatic heterocycles. The van der Waals surface area contributed by atoms with Crippen molar-refractivity contribution in [2.24, 2.45) is 0 Å². The van der Waals surface area contributed by atoms with Gasteiger partial charge in [-0.05, 0) is 42.0 Å². The van der Waals surface area contributed by atoms with Crippen molar-refractivity contribution >= 4 is 21.7 Å². The SMILES string of the molecule is O=C(Nc1[nH]nc2c1CN(S(=O)(=O)Cc1ccccc1)C2)c1ccc(Oc2ccccc2)cc1. The summed E-state index contributed by atoms with van der Waals surface area (Å²) < 4.78 is 32.9. The summed E-state index contributed by atoms with van der Waals surface area (Å²) in [7, 11) is -3.53. The van der Waals surface area contributed by atoms with Crippen molar-refractivity contribution in [1.29, 1.82) is 0 Å². The van der Waals surface area contributed by atoms with Crippen LogP contribution in [0.15, 0.2) is 84.9 Å². The van der Waals surface area contributed by atoms with Crippen LogP contribution in [0.25, 0.3) is 0 Å². The lowest BCUT2D eigenvalue weighted by Gasteiger charge is -2.16. The Morgan fingerprint density at radius 1 is 0.912 bits per heavy atom. The summed E-state index contributed by atoms with van der Waals surface area (Å²) in [5, 5.41) is 9.83. The highest BCUT2D eigenvalue weighted by Gasteiger charge is 2.33. The summed E-state index contributed by atoms with van der Waals surface area (Å²) in [5.41, 5.74) is 2.45. The molecule has 9 heteroatoms. The Labute approximate surface area is 197 Å². The van der Waals surface area contributed by atoms with E-state index < -0.39 is 10.0 Å². The van der Waals surface area contributed by atoms with Crippen LogP contribution in [0.4, 0.5) is 5.82 Å². The number of sulfonamides is 1. The molecule has 0 unspecified atom stereocenters. The molecule has 1 aromatic heterocycles. The highest BCUT2D eigenvalue weighted by Crippen LogP contribution is 2.30. The Bertz CT molecular complexity index is 1400. The van der Waals surface area contributed by atoms with Crippen molar-refractivity contribution in [3.05, 3.63) is 107 Å². The molecule has 0 radical (unpaired) electrons. The number of carbonyl (C=O) groups is 1. The number of aromatic amines is 1. The Kier molecular flexibility index (Phi) is 5.87. The van der Waals surface area contributed by atoms with Crippen molar-refractivity contribution in [3.63, 3.8) is 0 Å². The molecule has 0 aliphatic carbocycles. The van der Waals surface area contributed by atoms with Gasteiger partial charge in [-0.25, -0.2) is 8.42 Å². The lowest BCUT2D eigenvalue weighted by molar-refractivity contribution is 0.102. The van der Waals surface area contributed by atoms with Crippen LogP contribution in [-0.4, -0.2) is 28.8 Å². The third-order valence-electron chi connectivity index (χ3n) is 5.53. The van der Waals surface area contributed by atoms with Gasteiger partial charge in [-0.1, -0.05) is 48.5 Å². The number of hydrogen-bond donors (Lipinski definition) is 2. The van der Waals surface area contributed by atoms with Crippen molar-refractivity contribution in [1.82, 2.24) is 14.5 Å². The zero-order valence-corrected chi connectivity index (χ0v) is 19.0. The number of rotatable bonds is 7. The highest BCUT2D eigenvalue weighted by molar-refractivity contribution is 7.88. The van der Waals surface area contributed by atoms with Gasteiger partial charge in [0.25, 0.3) is 5.91 Å². The zero-order chi connectivity index (χ0) is 23.5. The molecular formula is C25H22N4O4S. The molecule has 0 atom stereocenters. The monoisotopic (exact) mass is 474 g/mol. The zero-order valence-electron chi connectivity index (χ0n) is 18.1. The summed E-state index contributed by atoms with van der Waals surface area (Å²) in [6.45, 7) is 0.322. The van der Waals surface area contributed by atoms with E-state index in [0.717, 1.165) is 5.56 Å². The molecule has 4 aromatic rings. The fraction of sp³-hybridized carbons (Fsp3) is 0.120. The number of ether oxygens (including phenoxy) is 1. The largest absolute Gasteiger partial charge is 0.457 e. The summed E-state index contributed by atoms with van der Waals surface area (Å²) in [6, 6.07) is 25.2. The average Bonchev–Trinajstić information content (AvgIpc) is 3.43. The minimum Gasteiger partial charge on any atom is -0.457 e. The second kappa shape index (κ2) is 9.12. The molecule has 0 spiro atoms. The van der Waals surface area contributed by atoms with Gasteiger partial charge in [-0.15, -0.1) is 0 Å². The quantitative estimate of drug-likeness (QED) is 0.416. The van der Waals surface area contributed by atoms with Crippen LogP contribution in [0.3, 0.4) is 0 Å². The maximum atomic E-state index is 12.9. The van der Waals surface area contributed by atoms with Gasteiger partial charge in [-0.2, -0.15) is 9.40 Å². The molecule has 2 heterocycles. The number of nitrogens with zero attached hydrogens (tertiary/aromatic N) is 2. The molecule has 1 aliphatic rings. The first-order valence-corrected chi connectivity index (χ1v) is 12.3. The van der Waals surface area contributed by atoms with Gasteiger partial charge >= 0.3 is 0 Å². The minimum absolute atomic E-state index is 0.0824. The van der Waals surface area contributed by atoms with Crippen molar-refractivity contribution in [2.45, 2.75) is 18.8 Å². The van der Waals surface area contributed by atoms with Crippen LogP contribution < -0.4 is 10.1 Å². The van der Waals surface area contributed by atoms with Gasteiger partial charge < -0.3 is 10.1 Å². The van der Waals surface area contributed by atoms with Gasteiger partial charge in [0.2, 0.25) is 10.0 Å². The molecule has 0 bridgehead atoms. The number of para-hydroxylation sites is 1. The Morgan fingerprint density at radius 3 is 2.26 bits per heavy atom. The number of carbonyl (C=O) groups excluding carboxylic acids is 1. The summed E-state index contributed by atoms with van der Waals surface area (Å²) in [6.07, 6.45) is 0. The summed E-state index contributed by atoms with van der Waals surface area (Å²) >= 11 is 0. The normalized spacial score (nSPS) is 13.4. The number of fused-ring (bicyclic) bond motifs is 1. The molecular weight excluding hydrogens is 452 g/mol. The maximum Gasteiger partial charge on any atom is 0.256 e. The van der Waals surface area contributed by atoms with E-state index in [1.165, 1.54) is 4.31 Å². The fourth-order valence-corrected chi connectivity index (χ4v) is 5.20. The van der Waals surface area contributed by atoms with Crippen molar-refractivity contribution in [3.8, 4) is 11.5 Å². The van der Waals surface area contributed by atoms with Gasteiger partial charge in [-0.3, -0.25) is 9.89 Å². The van der Waals surface area contributed by atoms with Crippen LogP contribution >= 0.6 is 0 Å². The lowest BCUT2D eigenvalue weighted by atomic mass is 10.2. The number of amides is 1. The second-order valence-corrected chi connectivity index (χ2v) is 9.90. The number of aromatic nitrogens is 2. The van der Waals surface area contributed by atoms with E-state index in [0.29, 0.717) is 34.1 Å². The Morgan fingerprint density at radius 2 is 1.56 bits per heavy atom. The molecule has 34 heavy (non-hydrogen) atoms. The van der Waals surface area contributed by atoms with E-state index >= 15 is 0 Å². The second-order valence-electron chi connectivity index (χ2n) is 7.93. The molecule has 3 aromatic carbocycles. The van der Waals surface area contributed by atoms with Crippen LogP contribution in [0, 0.1) is 0 Å². The molecule has 2 N–H and O–H groups in total. The average molecular weight is 475 g/mol. The van der Waals surface area contributed by atoms with Gasteiger partial charge in [0.15, 0.2) is 0 Å². The van der Waals surface area contributed by atoms with Crippen LogP contribution in [0.1, 0.15) is 27.2 Å². The topological polar surface area (TPSA) is 104 Å². The third-order valence-corrected chi connectivity index (χ3v) is 7.28. The number of nitrogens with one attached hydrogen (secondary N) is 2. The standard InChI is InChI=1S/C25H22N4O4S/c30-25(19-11-13-21(14-12-19)33-20-9-5-2-6-10-20)26-24-22-15-29(16-23(22)27-28-24)34(31,32)17-18-7-3-1-4-8-18/h1-14H,15-17H2,(H2,26,27,28,30). The summed E-state index contributed by atoms with van der Waals surface area (Å²) in [4.78, 5) is 12.8. The number of benzene rings is 3. The van der Waals surface area contributed by atoms with Crippen LogP contribution in [-0.2, 0) is 28.9 Å². The van der Waals surface area contributed by atoms with E-state index in [1.54, 1.807) is 36.4 Å². The number of hydrogen-bond acceptors (Lipinski definition) is 5. The first-order chi connectivity index (χ1) is 16.5. The third kappa shape index (κ3) is 4.70. The van der Waals surface area contributed by atoms with Gasteiger partial charge in [0, 0.05) is 17.7 Å². The number of H-pyrrole nitrogens is 1. The highest BCUT2D eigenvalue weighted by atomic mass is 32.2. The summed E-state index contributed by atoms with van der Waals surface area (Å²) in [5.74, 6) is 1.32. The van der Waals surface area contributed by atoms with Crippen molar-refractivity contribution < 1.29 is 17.9 Å². The van der Waals surface area contributed by atoms with E-state index in [2.05, 4.69) is 15.5 Å². The molecule has 172 valence electrons. The molecule has 0 fully saturated rings. The molecule has 8 nitrogen and oxygen atoms in total. The maximum absolute atomic E-state index is 12.9. The predicted octanol–water partition coefficient (Wildman–Crippen LogP) is 4.30. The van der Waals surface area contributed by atoms with Crippen molar-refractivity contribution in [2.75, 3.05) is 5.32 Å². The smallest absolute Gasteiger partial charge is 0.256 e. The number of anilines is 1. The first kappa shape index (κ1) is 21.9. The molecule has 0 saturated carbocycles. The van der Waals surface area contributed by atoms with E-state index in [4.69, 9.17) is 4.74 Å². The minimum atomic E-state index is -3.53. The first-order valence-electron chi connectivity index (χ1n) is 10.7. The van der Waals surface area contributed by atoms with E-state index in [-0.39, 0.29) is 24.7 Å². The van der Waals surface area contributed by atoms with Gasteiger partial charge in [0.1, 0.15) is 17.3 Å². The van der Waals surface area contributed by atoms with Crippen LogP contribution in [0.2, 0.25) is 0 Å². The van der Waals surface area contributed by atoms with Gasteiger partial charge in [0.05, 0.1) is 18.0 Å². The fourth-order valence-electron chi connectivity index (χ4n) is 3.76. The van der Waals surface area contributed by atoms with Crippen LogP contribution in [0.5, 0.6) is 11.5 Å². The van der Waals surface area contributed by atoms with E-state index in [1.807, 2.05) is 48.5 Å². The van der Waals surface area contributed by atoms with E-state index in [9.17, 15) is 13.2 Å². The molecule has 5 rings (SSSR count). The Balaban J connectivity index is 1.24. The predicted molar refractivity (Wildman–Crippen MR) is 128 cm³/mol. The Hall–Kier alpha value is -3.95. The lowest BCUT2D eigenvalue weighted by Crippen LogP contribution is -2.27.